The highest BCUT2D eigenvalue weighted by Gasteiger charge is 2.36. The first-order chi connectivity index (χ1) is 7.72. The maximum atomic E-state index is 11.4. The van der Waals surface area contributed by atoms with E-state index in [1.807, 2.05) is 0 Å². The van der Waals surface area contributed by atoms with Crippen LogP contribution in [0.25, 0.3) is 0 Å². The monoisotopic (exact) mass is 225 g/mol. The molecule has 16 heavy (non-hydrogen) atoms. The number of nitrogens with one attached hydrogen (secondary N) is 1. The Morgan fingerprint density at radius 2 is 2.00 bits per heavy atom. The molecule has 0 bridgehead atoms. The molecular weight excluding hydrogens is 202 g/mol. The molecule has 0 aromatic rings. The van der Waals surface area contributed by atoms with E-state index in [4.69, 9.17) is 5.73 Å². The van der Waals surface area contributed by atoms with Crippen molar-refractivity contribution in [1.82, 2.24) is 10.2 Å². The summed E-state index contributed by atoms with van der Waals surface area (Å²) in [4.78, 5) is 13.9. The Morgan fingerprint density at radius 3 is 2.62 bits per heavy atom. The molecule has 3 N–H and O–H groups in total. The lowest BCUT2D eigenvalue weighted by Crippen LogP contribution is -2.53. The Hall–Kier alpha value is -0.610. The molecule has 0 radical (unpaired) electrons. The molecule has 0 aromatic heterocycles. The van der Waals surface area contributed by atoms with Gasteiger partial charge < -0.3 is 11.1 Å². The van der Waals surface area contributed by atoms with Gasteiger partial charge in [0.2, 0.25) is 5.91 Å². The summed E-state index contributed by atoms with van der Waals surface area (Å²) in [5.74, 6) is -0.0129. The highest BCUT2D eigenvalue weighted by molar-refractivity contribution is 5.78. The zero-order valence-electron chi connectivity index (χ0n) is 10.1. The quantitative estimate of drug-likeness (QED) is 0.731. The number of hydrogen-bond acceptors (Lipinski definition) is 3. The molecule has 4 nitrogen and oxygen atoms in total. The summed E-state index contributed by atoms with van der Waals surface area (Å²) in [6.07, 6.45) is 7.48. The van der Waals surface area contributed by atoms with Gasteiger partial charge in [-0.2, -0.15) is 0 Å². The van der Waals surface area contributed by atoms with Crippen LogP contribution in [0.5, 0.6) is 0 Å². The van der Waals surface area contributed by atoms with Crippen LogP contribution >= 0.6 is 0 Å². The van der Waals surface area contributed by atoms with E-state index in [1.54, 1.807) is 0 Å². The molecule has 4 heteroatoms. The Morgan fingerprint density at radius 1 is 1.31 bits per heavy atom. The first-order valence-electron chi connectivity index (χ1n) is 6.43. The average molecular weight is 225 g/mol. The third-order valence-electron chi connectivity index (χ3n) is 3.91. The molecule has 0 saturated heterocycles. The van der Waals surface area contributed by atoms with Gasteiger partial charge in [-0.3, -0.25) is 9.69 Å². The number of hydrogen-bond donors (Lipinski definition) is 2. The van der Waals surface area contributed by atoms with E-state index in [0.29, 0.717) is 12.1 Å². The lowest BCUT2D eigenvalue weighted by molar-refractivity contribution is -0.121. The van der Waals surface area contributed by atoms with Gasteiger partial charge in [-0.15, -0.1) is 0 Å². The predicted molar refractivity (Wildman–Crippen MR) is 64.0 cm³/mol. The minimum absolute atomic E-state index is 0.0129. The van der Waals surface area contributed by atoms with Gasteiger partial charge in [0, 0.05) is 18.1 Å². The van der Waals surface area contributed by atoms with E-state index >= 15 is 0 Å². The normalized spacial score (nSPS) is 30.4. The molecule has 2 atom stereocenters. The van der Waals surface area contributed by atoms with Crippen molar-refractivity contribution in [3.63, 3.8) is 0 Å². The summed E-state index contributed by atoms with van der Waals surface area (Å²) >= 11 is 0. The van der Waals surface area contributed by atoms with Gasteiger partial charge in [0.05, 0.1) is 6.54 Å². The van der Waals surface area contributed by atoms with Gasteiger partial charge in [0.1, 0.15) is 0 Å². The van der Waals surface area contributed by atoms with Gasteiger partial charge in [-0.25, -0.2) is 0 Å². The van der Waals surface area contributed by atoms with Crippen LogP contribution in [0.3, 0.4) is 0 Å². The van der Waals surface area contributed by atoms with Crippen molar-refractivity contribution in [1.29, 1.82) is 0 Å². The number of likely N-dealkylation sites (N-methyl/N-ethyl adjacent to an activating group) is 1. The van der Waals surface area contributed by atoms with Crippen LogP contribution in [0.15, 0.2) is 0 Å². The van der Waals surface area contributed by atoms with Crippen molar-refractivity contribution in [2.45, 2.75) is 56.7 Å². The lowest BCUT2D eigenvalue weighted by Gasteiger charge is -2.38. The predicted octanol–water partition coefficient (Wildman–Crippen LogP) is 0.467. The number of nitrogens with two attached hydrogens (primary N) is 1. The van der Waals surface area contributed by atoms with Crippen LogP contribution in [0.1, 0.15) is 38.5 Å². The zero-order valence-corrected chi connectivity index (χ0v) is 10.1. The molecule has 0 unspecified atom stereocenters. The Balaban J connectivity index is 1.92. The van der Waals surface area contributed by atoms with E-state index in [-0.39, 0.29) is 12.5 Å². The summed E-state index contributed by atoms with van der Waals surface area (Å²) in [5, 5.41) is 3.08. The van der Waals surface area contributed by atoms with Gasteiger partial charge in [-0.05, 0) is 32.7 Å². The second kappa shape index (κ2) is 5.15. The number of amides is 1. The molecule has 0 spiro atoms. The summed E-state index contributed by atoms with van der Waals surface area (Å²) in [5.41, 5.74) is 5.36. The number of carbonyl (C=O) groups excluding carboxylic acids is 1. The van der Waals surface area contributed by atoms with E-state index in [2.05, 4.69) is 17.3 Å². The first kappa shape index (κ1) is 11.9. The standard InChI is InChI=1S/C12H23N3O/c1-15(9-6-7-9)11-5-3-2-4-10(11)14-12(16)8-13/h9-11H,2-8,13H2,1H3,(H,14,16)/t10-,11+/m1/s1. The van der Waals surface area contributed by atoms with Gasteiger partial charge in [0.25, 0.3) is 0 Å². The zero-order chi connectivity index (χ0) is 11.5. The molecular formula is C12H23N3O. The smallest absolute Gasteiger partial charge is 0.234 e. The largest absolute Gasteiger partial charge is 0.351 e. The highest BCUT2D eigenvalue weighted by atomic mass is 16.1. The van der Waals surface area contributed by atoms with E-state index in [0.717, 1.165) is 12.5 Å². The van der Waals surface area contributed by atoms with Crippen molar-refractivity contribution < 1.29 is 4.79 Å². The fraction of sp³-hybridized carbons (Fsp3) is 0.917. The Labute approximate surface area is 97.6 Å². The van der Waals surface area contributed by atoms with Crippen LogP contribution in [0, 0.1) is 0 Å². The van der Waals surface area contributed by atoms with Crippen molar-refractivity contribution in [3.05, 3.63) is 0 Å². The maximum absolute atomic E-state index is 11.4. The van der Waals surface area contributed by atoms with Crippen molar-refractivity contribution in [2.24, 2.45) is 5.73 Å². The molecule has 92 valence electrons. The molecule has 1 amide bonds. The van der Waals surface area contributed by atoms with E-state index < -0.39 is 0 Å². The minimum atomic E-state index is -0.0129. The number of nitrogens with zero attached hydrogens (tertiary/aromatic N) is 1. The van der Waals surface area contributed by atoms with E-state index in [9.17, 15) is 4.79 Å². The summed E-state index contributed by atoms with van der Waals surface area (Å²) < 4.78 is 0. The molecule has 0 aromatic carbocycles. The van der Waals surface area contributed by atoms with Crippen molar-refractivity contribution >= 4 is 5.91 Å². The van der Waals surface area contributed by atoms with Crippen LogP contribution in [-0.2, 0) is 4.79 Å². The fourth-order valence-electron chi connectivity index (χ4n) is 2.79. The molecule has 2 aliphatic rings. The Kier molecular flexibility index (Phi) is 3.82. The second-order valence-corrected chi connectivity index (χ2v) is 5.13. The molecule has 0 aliphatic heterocycles. The topological polar surface area (TPSA) is 58.4 Å². The summed E-state index contributed by atoms with van der Waals surface area (Å²) in [6, 6.07) is 1.60. The molecule has 2 saturated carbocycles. The fourth-order valence-corrected chi connectivity index (χ4v) is 2.79. The van der Waals surface area contributed by atoms with Crippen LogP contribution in [0.2, 0.25) is 0 Å². The molecule has 0 heterocycles. The maximum Gasteiger partial charge on any atom is 0.234 e. The highest BCUT2D eigenvalue weighted by Crippen LogP contribution is 2.32. The van der Waals surface area contributed by atoms with E-state index in [1.165, 1.54) is 32.1 Å². The third-order valence-corrected chi connectivity index (χ3v) is 3.91. The van der Waals surface area contributed by atoms with Crippen molar-refractivity contribution in [2.75, 3.05) is 13.6 Å². The second-order valence-electron chi connectivity index (χ2n) is 5.13. The molecule has 2 rings (SSSR count). The van der Waals surface area contributed by atoms with Gasteiger partial charge in [0.15, 0.2) is 0 Å². The van der Waals surface area contributed by atoms with Crippen LogP contribution < -0.4 is 11.1 Å². The lowest BCUT2D eigenvalue weighted by atomic mass is 9.89. The van der Waals surface area contributed by atoms with Crippen LogP contribution in [0.4, 0.5) is 0 Å². The SMILES string of the molecule is CN(C1CC1)[C@H]1CCCC[C@H]1NC(=O)CN. The minimum Gasteiger partial charge on any atom is -0.351 e. The molecule has 2 aliphatic carbocycles. The number of rotatable bonds is 4. The van der Waals surface area contributed by atoms with Crippen molar-refractivity contribution in [3.8, 4) is 0 Å². The third kappa shape index (κ3) is 2.74. The summed E-state index contributed by atoms with van der Waals surface area (Å²) in [6.45, 7) is 0.108. The van der Waals surface area contributed by atoms with Gasteiger partial charge >= 0.3 is 0 Å². The average Bonchev–Trinajstić information content (AvgIpc) is 3.12. The Bertz CT molecular complexity index is 253. The number of carbonyl (C=O) groups is 1. The summed E-state index contributed by atoms with van der Waals surface area (Å²) in [7, 11) is 2.20. The van der Waals surface area contributed by atoms with Crippen LogP contribution in [-0.4, -0.2) is 42.5 Å². The first-order valence-corrected chi connectivity index (χ1v) is 6.43. The van der Waals surface area contributed by atoms with Gasteiger partial charge in [-0.1, -0.05) is 12.8 Å². The molecule has 2 fully saturated rings.